The number of carbonyl (C=O) groups is 2. The summed E-state index contributed by atoms with van der Waals surface area (Å²) in [5.41, 5.74) is 1.32. The summed E-state index contributed by atoms with van der Waals surface area (Å²) in [5, 5.41) is 3.00. The lowest BCUT2D eigenvalue weighted by atomic mass is 10.1. The van der Waals surface area contributed by atoms with Crippen LogP contribution in [0.2, 0.25) is 0 Å². The molecule has 0 bridgehead atoms. The van der Waals surface area contributed by atoms with Gasteiger partial charge in [-0.15, -0.1) is 11.8 Å². The van der Waals surface area contributed by atoms with Gasteiger partial charge in [-0.05, 0) is 50.8 Å². The Morgan fingerprint density at radius 3 is 2.32 bits per heavy atom. The van der Waals surface area contributed by atoms with E-state index in [4.69, 9.17) is 0 Å². The molecule has 0 spiro atoms. The molecule has 2 amide bonds. The van der Waals surface area contributed by atoms with E-state index < -0.39 is 6.04 Å². The van der Waals surface area contributed by atoms with Crippen molar-refractivity contribution in [3.05, 3.63) is 71.5 Å². The summed E-state index contributed by atoms with van der Waals surface area (Å²) < 4.78 is 13.9. The van der Waals surface area contributed by atoms with Crippen molar-refractivity contribution in [2.24, 2.45) is 0 Å². The van der Waals surface area contributed by atoms with Crippen LogP contribution in [0.25, 0.3) is 0 Å². The minimum atomic E-state index is -0.538. The third-order valence-corrected chi connectivity index (χ3v) is 5.78. The number of hydrogen-bond acceptors (Lipinski definition) is 3. The van der Waals surface area contributed by atoms with Gasteiger partial charge in [0.1, 0.15) is 11.9 Å². The molecule has 2 rings (SSSR count). The van der Waals surface area contributed by atoms with Gasteiger partial charge in [-0.1, -0.05) is 55.5 Å². The minimum Gasteiger partial charge on any atom is -0.350 e. The Labute approximate surface area is 189 Å². The number of carbonyl (C=O) groups excluding carboxylic acids is 2. The van der Waals surface area contributed by atoms with Crippen molar-refractivity contribution in [1.29, 1.82) is 0 Å². The van der Waals surface area contributed by atoms with Crippen LogP contribution in [0.1, 0.15) is 45.2 Å². The monoisotopic (exact) mass is 444 g/mol. The van der Waals surface area contributed by atoms with Crippen LogP contribution in [-0.4, -0.2) is 40.6 Å². The predicted octanol–water partition coefficient (Wildman–Crippen LogP) is 4.82. The summed E-state index contributed by atoms with van der Waals surface area (Å²) in [7, 11) is 0. The SMILES string of the molecule is CCC(C(=O)NC(C)(C)C)N(CCc1ccccc1)C(=O)CSCc1ccccc1F. The second kappa shape index (κ2) is 11.9. The number of rotatable bonds is 10. The second-order valence-corrected chi connectivity index (χ2v) is 9.56. The molecular formula is C25H33FN2O2S. The van der Waals surface area contributed by atoms with Gasteiger partial charge >= 0.3 is 0 Å². The molecule has 0 heterocycles. The molecule has 4 nitrogen and oxygen atoms in total. The van der Waals surface area contributed by atoms with Gasteiger partial charge < -0.3 is 10.2 Å². The first-order chi connectivity index (χ1) is 14.7. The van der Waals surface area contributed by atoms with E-state index in [2.05, 4.69) is 5.32 Å². The van der Waals surface area contributed by atoms with Crippen LogP contribution in [0, 0.1) is 5.82 Å². The maximum absolute atomic E-state index is 13.9. The molecular weight excluding hydrogens is 411 g/mol. The van der Waals surface area contributed by atoms with E-state index in [0.29, 0.717) is 30.7 Å². The molecule has 6 heteroatoms. The van der Waals surface area contributed by atoms with E-state index in [1.807, 2.05) is 58.0 Å². The number of amides is 2. The highest BCUT2D eigenvalue weighted by Gasteiger charge is 2.30. The van der Waals surface area contributed by atoms with Gasteiger partial charge in [0, 0.05) is 17.8 Å². The van der Waals surface area contributed by atoms with Gasteiger partial charge in [-0.3, -0.25) is 9.59 Å². The minimum absolute atomic E-state index is 0.104. The van der Waals surface area contributed by atoms with Crippen LogP contribution in [0.3, 0.4) is 0 Å². The Hall–Kier alpha value is -2.34. The van der Waals surface area contributed by atoms with E-state index in [1.54, 1.807) is 23.1 Å². The molecule has 0 fully saturated rings. The maximum atomic E-state index is 13.9. The first kappa shape index (κ1) is 24.9. The predicted molar refractivity (Wildman–Crippen MR) is 126 cm³/mol. The topological polar surface area (TPSA) is 49.4 Å². The Bertz CT molecular complexity index is 852. The molecule has 1 atom stereocenters. The number of nitrogens with one attached hydrogen (secondary N) is 1. The van der Waals surface area contributed by atoms with E-state index in [0.717, 1.165) is 5.56 Å². The summed E-state index contributed by atoms with van der Waals surface area (Å²) in [6, 6.07) is 16.0. The molecule has 1 unspecified atom stereocenters. The number of hydrogen-bond donors (Lipinski definition) is 1. The summed E-state index contributed by atoms with van der Waals surface area (Å²) >= 11 is 1.37. The van der Waals surface area contributed by atoms with Gasteiger partial charge in [0.05, 0.1) is 5.75 Å². The average Bonchev–Trinajstić information content (AvgIpc) is 2.71. The molecule has 31 heavy (non-hydrogen) atoms. The Kier molecular flexibility index (Phi) is 9.56. The lowest BCUT2D eigenvalue weighted by Gasteiger charge is -2.33. The number of thioether (sulfide) groups is 1. The maximum Gasteiger partial charge on any atom is 0.243 e. The van der Waals surface area contributed by atoms with E-state index in [9.17, 15) is 14.0 Å². The van der Waals surface area contributed by atoms with Crippen LogP contribution in [0.15, 0.2) is 54.6 Å². The van der Waals surface area contributed by atoms with E-state index in [-0.39, 0.29) is 28.9 Å². The fraction of sp³-hybridized carbons (Fsp3) is 0.440. The van der Waals surface area contributed by atoms with Crippen LogP contribution in [0.4, 0.5) is 4.39 Å². The van der Waals surface area contributed by atoms with Crippen molar-refractivity contribution in [3.8, 4) is 0 Å². The lowest BCUT2D eigenvalue weighted by molar-refractivity contribution is -0.139. The summed E-state index contributed by atoms with van der Waals surface area (Å²) in [6.45, 7) is 8.16. The third kappa shape index (κ3) is 8.37. The molecule has 1 N–H and O–H groups in total. The van der Waals surface area contributed by atoms with Crippen molar-refractivity contribution in [2.45, 2.75) is 57.9 Å². The standard InChI is InChI=1S/C25H33FN2O2S/c1-5-22(24(30)27-25(2,3)4)28(16-15-19-11-7-6-8-12-19)23(29)18-31-17-20-13-9-10-14-21(20)26/h6-14,22H,5,15-18H2,1-4H3,(H,27,30). The van der Waals surface area contributed by atoms with Crippen molar-refractivity contribution < 1.29 is 14.0 Å². The molecule has 168 valence electrons. The Morgan fingerprint density at radius 2 is 1.71 bits per heavy atom. The van der Waals surface area contributed by atoms with E-state index >= 15 is 0 Å². The summed E-state index contributed by atoms with van der Waals surface area (Å²) in [6.07, 6.45) is 1.20. The average molecular weight is 445 g/mol. The van der Waals surface area contributed by atoms with E-state index in [1.165, 1.54) is 17.8 Å². The van der Waals surface area contributed by atoms with Gasteiger partial charge in [-0.2, -0.15) is 0 Å². The quantitative estimate of drug-likeness (QED) is 0.571. The first-order valence-corrected chi connectivity index (χ1v) is 11.8. The second-order valence-electron chi connectivity index (χ2n) is 8.57. The molecule has 2 aromatic carbocycles. The normalized spacial score (nSPS) is 12.3. The van der Waals surface area contributed by atoms with Gasteiger partial charge in [0.2, 0.25) is 11.8 Å². The zero-order valence-electron chi connectivity index (χ0n) is 18.9. The molecule has 0 aliphatic rings. The van der Waals surface area contributed by atoms with Gasteiger partial charge in [-0.25, -0.2) is 4.39 Å². The van der Waals surface area contributed by atoms with Crippen LogP contribution < -0.4 is 5.32 Å². The summed E-state index contributed by atoms with van der Waals surface area (Å²) in [4.78, 5) is 27.8. The zero-order valence-corrected chi connectivity index (χ0v) is 19.7. The van der Waals surface area contributed by atoms with Crippen molar-refractivity contribution in [1.82, 2.24) is 10.2 Å². The third-order valence-electron chi connectivity index (χ3n) is 4.81. The fourth-order valence-electron chi connectivity index (χ4n) is 3.30. The lowest BCUT2D eigenvalue weighted by Crippen LogP contribution is -2.54. The number of benzene rings is 2. The molecule has 0 saturated carbocycles. The molecule has 0 aliphatic carbocycles. The van der Waals surface area contributed by atoms with Gasteiger partial charge in [0.25, 0.3) is 0 Å². The highest BCUT2D eigenvalue weighted by Crippen LogP contribution is 2.18. The van der Waals surface area contributed by atoms with Crippen molar-refractivity contribution >= 4 is 23.6 Å². The van der Waals surface area contributed by atoms with Crippen LogP contribution in [0.5, 0.6) is 0 Å². The van der Waals surface area contributed by atoms with Gasteiger partial charge in [0.15, 0.2) is 0 Å². The van der Waals surface area contributed by atoms with Crippen LogP contribution in [-0.2, 0) is 21.8 Å². The fourth-order valence-corrected chi connectivity index (χ4v) is 4.19. The molecule has 0 aromatic heterocycles. The van der Waals surface area contributed by atoms with Crippen LogP contribution >= 0.6 is 11.8 Å². The largest absolute Gasteiger partial charge is 0.350 e. The summed E-state index contributed by atoms with van der Waals surface area (Å²) in [5.74, 6) is 0.0984. The molecule has 0 aliphatic heterocycles. The Morgan fingerprint density at radius 1 is 1.06 bits per heavy atom. The molecule has 0 radical (unpaired) electrons. The highest BCUT2D eigenvalue weighted by molar-refractivity contribution is 7.99. The Balaban J connectivity index is 2.09. The smallest absolute Gasteiger partial charge is 0.243 e. The van der Waals surface area contributed by atoms with Crippen molar-refractivity contribution in [3.63, 3.8) is 0 Å². The zero-order chi connectivity index (χ0) is 22.9. The molecule has 0 saturated heterocycles. The highest BCUT2D eigenvalue weighted by atomic mass is 32.2. The van der Waals surface area contributed by atoms with Crippen molar-refractivity contribution in [2.75, 3.05) is 12.3 Å². The first-order valence-electron chi connectivity index (χ1n) is 10.7. The number of halogens is 1. The number of nitrogens with zero attached hydrogens (tertiary/aromatic N) is 1. The molecule has 2 aromatic rings.